The van der Waals surface area contributed by atoms with Gasteiger partial charge in [0.2, 0.25) is 5.12 Å². The molecule has 3 N–H and O–H groups in total. The van der Waals surface area contributed by atoms with Crippen molar-refractivity contribution in [2.45, 2.75) is 13.0 Å². The second-order valence-electron chi connectivity index (χ2n) is 6.08. The van der Waals surface area contributed by atoms with Gasteiger partial charge in [0.25, 0.3) is 5.91 Å². The predicted octanol–water partition coefficient (Wildman–Crippen LogP) is 3.23. The first-order valence-electron chi connectivity index (χ1n) is 8.44. The number of aliphatic hydroxyl groups is 1. The average Bonchev–Trinajstić information content (AvgIpc) is 2.97. The first-order chi connectivity index (χ1) is 13.4. The van der Waals surface area contributed by atoms with Crippen molar-refractivity contribution in [2.24, 2.45) is 0 Å². The summed E-state index contributed by atoms with van der Waals surface area (Å²) in [5.74, 6) is -2.17. The number of hydrogen-bond donors (Lipinski definition) is 3. The first kappa shape index (κ1) is 19.4. The molecular formula is C21H17NO5S. The highest BCUT2D eigenvalue weighted by atomic mass is 32.2. The molecule has 2 aromatic carbocycles. The number of aliphatic hydroxyl groups excluding tert-OH is 1. The topological polar surface area (TPSA) is 104 Å². The average molecular weight is 395 g/mol. The van der Waals surface area contributed by atoms with E-state index in [4.69, 9.17) is 5.11 Å². The highest BCUT2D eigenvalue weighted by molar-refractivity contribution is 8.19. The molecule has 0 saturated heterocycles. The molecular weight excluding hydrogens is 378 g/mol. The molecule has 2 aromatic rings. The van der Waals surface area contributed by atoms with Gasteiger partial charge >= 0.3 is 5.97 Å². The Hall–Kier alpha value is -3.32. The molecule has 1 amide bonds. The molecule has 1 aliphatic heterocycles. The second kappa shape index (κ2) is 8.14. The van der Waals surface area contributed by atoms with Gasteiger partial charge < -0.3 is 15.5 Å². The number of carboxylic acids is 1. The molecule has 1 aliphatic rings. The van der Waals surface area contributed by atoms with Gasteiger partial charge in [-0.3, -0.25) is 14.4 Å². The van der Waals surface area contributed by atoms with Crippen molar-refractivity contribution in [3.05, 3.63) is 82.5 Å². The number of amides is 1. The third kappa shape index (κ3) is 3.84. The third-order valence-electron chi connectivity index (χ3n) is 4.15. The number of carbonyl (C=O) groups is 3. The fourth-order valence-electron chi connectivity index (χ4n) is 2.73. The van der Waals surface area contributed by atoms with E-state index in [0.717, 1.165) is 11.8 Å². The lowest BCUT2D eigenvalue weighted by Crippen LogP contribution is -2.39. The molecule has 6 nitrogen and oxygen atoms in total. The number of aliphatic carboxylic acids is 1. The Morgan fingerprint density at radius 3 is 2.14 bits per heavy atom. The molecule has 3 rings (SSSR count). The maximum Gasteiger partial charge on any atom is 0.325 e. The van der Waals surface area contributed by atoms with Gasteiger partial charge in [-0.25, -0.2) is 0 Å². The van der Waals surface area contributed by atoms with E-state index in [1.807, 2.05) is 0 Å². The van der Waals surface area contributed by atoms with E-state index >= 15 is 0 Å². The third-order valence-corrected chi connectivity index (χ3v) is 5.14. The molecule has 0 fully saturated rings. The summed E-state index contributed by atoms with van der Waals surface area (Å²) in [5, 5.41) is 21.9. The minimum absolute atomic E-state index is 0.0514. The summed E-state index contributed by atoms with van der Waals surface area (Å²) in [7, 11) is 0. The van der Waals surface area contributed by atoms with E-state index in [9.17, 15) is 19.5 Å². The van der Waals surface area contributed by atoms with Crippen LogP contribution in [0.25, 0.3) is 11.1 Å². The van der Waals surface area contributed by atoms with Gasteiger partial charge in [-0.2, -0.15) is 0 Å². The number of carboxylic acid groups (broad SMARTS) is 1. The smallest absolute Gasteiger partial charge is 0.325 e. The van der Waals surface area contributed by atoms with E-state index in [0.29, 0.717) is 11.1 Å². The minimum Gasteiger partial charge on any atom is -0.506 e. The molecule has 1 heterocycles. The van der Waals surface area contributed by atoms with Crippen LogP contribution in [0, 0.1) is 0 Å². The minimum atomic E-state index is -1.19. The lowest BCUT2D eigenvalue weighted by atomic mass is 10.0. The Kier molecular flexibility index (Phi) is 5.65. The monoisotopic (exact) mass is 395 g/mol. The fourth-order valence-corrected chi connectivity index (χ4v) is 3.75. The van der Waals surface area contributed by atoms with Gasteiger partial charge in [0.1, 0.15) is 11.8 Å². The van der Waals surface area contributed by atoms with Crippen molar-refractivity contribution in [2.75, 3.05) is 0 Å². The molecule has 142 valence electrons. The number of rotatable bonds is 5. The van der Waals surface area contributed by atoms with Crippen LogP contribution in [0.1, 0.15) is 18.1 Å². The Bertz CT molecular complexity index is 996. The zero-order valence-corrected chi connectivity index (χ0v) is 15.7. The Labute approximate surface area is 165 Å². The van der Waals surface area contributed by atoms with E-state index < -0.39 is 17.9 Å². The quantitative estimate of drug-likeness (QED) is 0.672. The van der Waals surface area contributed by atoms with Gasteiger partial charge in [-0.1, -0.05) is 60.7 Å². The maximum atomic E-state index is 12.9. The summed E-state index contributed by atoms with van der Waals surface area (Å²) in [5.41, 5.74) is 1.18. The molecule has 0 saturated carbocycles. The largest absolute Gasteiger partial charge is 0.506 e. The van der Waals surface area contributed by atoms with Crippen LogP contribution in [-0.4, -0.2) is 33.2 Å². The second-order valence-corrected chi connectivity index (χ2v) is 7.07. The Morgan fingerprint density at radius 2 is 1.57 bits per heavy atom. The van der Waals surface area contributed by atoms with Crippen molar-refractivity contribution in [1.82, 2.24) is 5.32 Å². The van der Waals surface area contributed by atoms with Gasteiger partial charge in [0, 0.05) is 0 Å². The zero-order chi connectivity index (χ0) is 20.3. The standard InChI is InChI=1S/C21H17NO5S/c1-12(20(25)26)22-19(24)16(14-10-6-3-7-11-14)18-17(23)15(21(27)28-18)13-8-4-2-5-9-13/h2-12,23H,1H3,(H,22,24)(H,25,26)/b18-16+. The van der Waals surface area contributed by atoms with E-state index in [2.05, 4.69) is 5.32 Å². The predicted molar refractivity (Wildman–Crippen MR) is 107 cm³/mol. The molecule has 0 aliphatic carbocycles. The molecule has 0 spiro atoms. The number of nitrogens with one attached hydrogen (secondary N) is 1. The summed E-state index contributed by atoms with van der Waals surface area (Å²) < 4.78 is 0. The van der Waals surface area contributed by atoms with Gasteiger partial charge in [-0.05, 0) is 29.8 Å². The maximum absolute atomic E-state index is 12.9. The lowest BCUT2D eigenvalue weighted by Gasteiger charge is -2.14. The SMILES string of the molecule is CC(NC(=O)/C(=C1/SC(=O)C(c2ccccc2)=C1O)c1ccccc1)C(=O)O. The summed E-state index contributed by atoms with van der Waals surface area (Å²) in [6.07, 6.45) is 0. The van der Waals surface area contributed by atoms with E-state index in [-0.39, 0.29) is 26.9 Å². The van der Waals surface area contributed by atoms with Crippen LogP contribution >= 0.6 is 11.8 Å². The van der Waals surface area contributed by atoms with Crippen LogP contribution < -0.4 is 5.32 Å². The van der Waals surface area contributed by atoms with Crippen molar-refractivity contribution < 1.29 is 24.6 Å². The fraction of sp³-hybridized carbons (Fsp3) is 0.0952. The molecule has 7 heteroatoms. The summed E-state index contributed by atoms with van der Waals surface area (Å²) in [4.78, 5) is 36.6. The molecule has 28 heavy (non-hydrogen) atoms. The molecule has 0 aromatic heterocycles. The molecule has 0 bridgehead atoms. The zero-order valence-electron chi connectivity index (χ0n) is 14.9. The number of hydrogen-bond acceptors (Lipinski definition) is 5. The van der Waals surface area contributed by atoms with Crippen molar-refractivity contribution >= 4 is 39.9 Å². The van der Waals surface area contributed by atoms with Crippen LogP contribution in [0.5, 0.6) is 0 Å². The van der Waals surface area contributed by atoms with Crippen LogP contribution in [0.15, 0.2) is 71.3 Å². The lowest BCUT2D eigenvalue weighted by molar-refractivity contribution is -0.140. The normalized spacial score (nSPS) is 16.7. The van der Waals surface area contributed by atoms with E-state index in [1.165, 1.54) is 6.92 Å². The van der Waals surface area contributed by atoms with Gasteiger partial charge in [-0.15, -0.1) is 0 Å². The van der Waals surface area contributed by atoms with Crippen LogP contribution in [0.2, 0.25) is 0 Å². The summed E-state index contributed by atoms with van der Waals surface area (Å²) in [6, 6.07) is 16.1. The highest BCUT2D eigenvalue weighted by Gasteiger charge is 2.34. The molecule has 1 unspecified atom stereocenters. The first-order valence-corrected chi connectivity index (χ1v) is 9.26. The van der Waals surface area contributed by atoms with Gasteiger partial charge in [0.05, 0.1) is 16.1 Å². The van der Waals surface area contributed by atoms with Crippen molar-refractivity contribution in [1.29, 1.82) is 0 Å². The molecule has 0 radical (unpaired) electrons. The summed E-state index contributed by atoms with van der Waals surface area (Å²) in [6.45, 7) is 1.34. The Morgan fingerprint density at radius 1 is 1.00 bits per heavy atom. The number of thioether (sulfide) groups is 1. The summed E-state index contributed by atoms with van der Waals surface area (Å²) >= 11 is 0.752. The van der Waals surface area contributed by atoms with Crippen LogP contribution in [0.4, 0.5) is 0 Å². The Balaban J connectivity index is 2.15. The number of benzene rings is 2. The van der Waals surface area contributed by atoms with Crippen molar-refractivity contribution in [3.63, 3.8) is 0 Å². The molecule has 1 atom stereocenters. The van der Waals surface area contributed by atoms with Crippen LogP contribution in [-0.2, 0) is 14.4 Å². The number of carbonyl (C=O) groups excluding carboxylic acids is 2. The van der Waals surface area contributed by atoms with E-state index in [1.54, 1.807) is 60.7 Å². The highest BCUT2D eigenvalue weighted by Crippen LogP contribution is 2.44. The van der Waals surface area contributed by atoms with Crippen molar-refractivity contribution in [3.8, 4) is 0 Å². The van der Waals surface area contributed by atoms with Crippen LogP contribution in [0.3, 0.4) is 0 Å². The van der Waals surface area contributed by atoms with Gasteiger partial charge in [0.15, 0.2) is 0 Å².